The fourth-order valence-electron chi connectivity index (χ4n) is 7.09. The highest BCUT2D eigenvalue weighted by Gasteiger charge is 2.26. The first-order valence-corrected chi connectivity index (χ1v) is 27.3. The summed E-state index contributed by atoms with van der Waals surface area (Å²) in [6.07, 6.45) is 59.7. The molecular weight excluding hydrogens is 810 g/mol. The van der Waals surface area contributed by atoms with Crippen molar-refractivity contribution in [2.45, 2.75) is 238 Å². The summed E-state index contributed by atoms with van der Waals surface area (Å²) in [5.74, 6) is -0.837. The first kappa shape index (κ1) is 60.7. The quantitative estimate of drug-likeness (QED) is 0.0265. The Morgan fingerprint density at radius 2 is 0.873 bits per heavy atom. The van der Waals surface area contributed by atoms with E-state index in [4.69, 9.17) is 24.3 Å². The van der Waals surface area contributed by atoms with Crippen LogP contribution in [0.5, 0.6) is 0 Å². The second kappa shape index (κ2) is 49.2. The van der Waals surface area contributed by atoms with Crippen LogP contribution in [-0.4, -0.2) is 49.3 Å². The number of carbonyl (C=O) groups excluding carboxylic acids is 2. The smallest absolute Gasteiger partial charge is 0.462 e. The monoisotopic (exact) mass is 906 g/mol. The van der Waals surface area contributed by atoms with Gasteiger partial charge in [0.25, 0.3) is 0 Å². The normalized spacial score (nSPS) is 13.7. The third kappa shape index (κ3) is 49.0. The predicted octanol–water partition coefficient (Wildman–Crippen LogP) is 15.6. The van der Waals surface area contributed by atoms with Crippen LogP contribution in [0.15, 0.2) is 60.8 Å². The van der Waals surface area contributed by atoms with Gasteiger partial charge in [0, 0.05) is 19.4 Å². The molecule has 0 heterocycles. The van der Waals surface area contributed by atoms with E-state index in [9.17, 15) is 19.0 Å². The predicted molar refractivity (Wildman–Crippen MR) is 266 cm³/mol. The number of carbonyl (C=O) groups is 2. The number of ether oxygens (including phenoxy) is 2. The fourth-order valence-corrected chi connectivity index (χ4v) is 7.86. The number of hydrogen-bond donors (Lipinski definition) is 2. The first-order valence-electron chi connectivity index (χ1n) is 25.8. The highest BCUT2D eigenvalue weighted by Crippen LogP contribution is 2.43. The Labute approximate surface area is 387 Å². The zero-order valence-electron chi connectivity index (χ0n) is 40.6. The lowest BCUT2D eigenvalue weighted by molar-refractivity contribution is -0.161. The van der Waals surface area contributed by atoms with Crippen molar-refractivity contribution >= 4 is 19.8 Å². The van der Waals surface area contributed by atoms with Crippen LogP contribution in [-0.2, 0) is 32.7 Å². The third-order valence-electron chi connectivity index (χ3n) is 10.9. The summed E-state index contributed by atoms with van der Waals surface area (Å²) in [5.41, 5.74) is 5.37. The van der Waals surface area contributed by atoms with Crippen molar-refractivity contribution in [2.24, 2.45) is 5.73 Å². The second-order valence-electron chi connectivity index (χ2n) is 17.0. The van der Waals surface area contributed by atoms with E-state index in [1.54, 1.807) is 0 Å². The summed E-state index contributed by atoms with van der Waals surface area (Å²) in [7, 11) is -4.39. The van der Waals surface area contributed by atoms with Gasteiger partial charge in [0.1, 0.15) is 6.61 Å². The zero-order valence-corrected chi connectivity index (χ0v) is 41.4. The lowest BCUT2D eigenvalue weighted by atomic mass is 10.1. The molecule has 2 unspecified atom stereocenters. The molecule has 0 saturated carbocycles. The number of nitrogens with two attached hydrogens (primary N) is 1. The van der Waals surface area contributed by atoms with Crippen molar-refractivity contribution in [3.05, 3.63) is 60.8 Å². The minimum atomic E-state index is -4.39. The van der Waals surface area contributed by atoms with Crippen molar-refractivity contribution in [1.82, 2.24) is 0 Å². The molecule has 10 heteroatoms. The summed E-state index contributed by atoms with van der Waals surface area (Å²) in [6, 6.07) is 0. The van der Waals surface area contributed by atoms with Crippen molar-refractivity contribution in [1.29, 1.82) is 0 Å². The van der Waals surface area contributed by atoms with Crippen LogP contribution in [0.1, 0.15) is 232 Å². The van der Waals surface area contributed by atoms with Crippen LogP contribution in [0.4, 0.5) is 0 Å². The van der Waals surface area contributed by atoms with E-state index in [1.807, 2.05) is 0 Å². The molecule has 0 aliphatic rings. The maximum atomic E-state index is 12.7. The van der Waals surface area contributed by atoms with Gasteiger partial charge >= 0.3 is 19.8 Å². The SMILES string of the molecule is CC/C=C\C/C=C\C/C=C\C/C=C\CCCCCCCCCCC(=O)OC(COC(=O)CCCCCCCCCCC/C=C\CCCCCCCCCC)COP(=O)(O)OCCN. The average molecular weight is 906 g/mol. The van der Waals surface area contributed by atoms with Crippen LogP contribution >= 0.6 is 7.82 Å². The summed E-state index contributed by atoms with van der Waals surface area (Å²) in [4.78, 5) is 35.1. The molecule has 366 valence electrons. The highest BCUT2D eigenvalue weighted by molar-refractivity contribution is 7.47. The molecule has 63 heavy (non-hydrogen) atoms. The molecule has 9 nitrogen and oxygen atoms in total. The van der Waals surface area contributed by atoms with E-state index in [0.717, 1.165) is 70.6 Å². The van der Waals surface area contributed by atoms with Gasteiger partial charge in [-0.25, -0.2) is 4.57 Å². The lowest BCUT2D eigenvalue weighted by Gasteiger charge is -2.19. The Kier molecular flexibility index (Phi) is 47.4. The molecule has 0 spiro atoms. The van der Waals surface area contributed by atoms with Gasteiger partial charge < -0.3 is 20.1 Å². The van der Waals surface area contributed by atoms with E-state index in [1.165, 1.54) is 128 Å². The Morgan fingerprint density at radius 1 is 0.492 bits per heavy atom. The molecular formula is C53H96NO8P. The van der Waals surface area contributed by atoms with E-state index in [0.29, 0.717) is 6.42 Å². The van der Waals surface area contributed by atoms with Gasteiger partial charge in [0.05, 0.1) is 13.2 Å². The first-order chi connectivity index (χ1) is 30.8. The summed E-state index contributed by atoms with van der Waals surface area (Å²) < 4.78 is 32.9. The second-order valence-corrected chi connectivity index (χ2v) is 18.5. The molecule has 0 radical (unpaired) electrons. The number of esters is 2. The van der Waals surface area contributed by atoms with Gasteiger partial charge in [0.15, 0.2) is 6.10 Å². The highest BCUT2D eigenvalue weighted by atomic mass is 31.2. The molecule has 0 aromatic rings. The van der Waals surface area contributed by atoms with E-state index in [-0.39, 0.29) is 38.6 Å². The van der Waals surface area contributed by atoms with Crippen molar-refractivity contribution < 1.29 is 37.6 Å². The number of rotatable bonds is 48. The lowest BCUT2D eigenvalue weighted by Crippen LogP contribution is -2.29. The van der Waals surface area contributed by atoms with Crippen LogP contribution in [0.2, 0.25) is 0 Å². The Morgan fingerprint density at radius 3 is 1.32 bits per heavy atom. The molecule has 0 aliphatic carbocycles. The summed E-state index contributed by atoms with van der Waals surface area (Å²) in [5, 5.41) is 0. The molecule has 0 aliphatic heterocycles. The Balaban J connectivity index is 4.06. The van der Waals surface area contributed by atoms with Crippen molar-refractivity contribution in [3.8, 4) is 0 Å². The van der Waals surface area contributed by atoms with Gasteiger partial charge in [-0.1, -0.05) is 203 Å². The molecule has 0 fully saturated rings. The van der Waals surface area contributed by atoms with Crippen molar-refractivity contribution in [3.63, 3.8) is 0 Å². The van der Waals surface area contributed by atoms with Gasteiger partial charge in [-0.3, -0.25) is 18.6 Å². The van der Waals surface area contributed by atoms with Gasteiger partial charge in [-0.15, -0.1) is 0 Å². The minimum Gasteiger partial charge on any atom is -0.462 e. The molecule has 0 aromatic carbocycles. The summed E-state index contributed by atoms with van der Waals surface area (Å²) >= 11 is 0. The number of phosphoric acid groups is 1. The number of phosphoric ester groups is 1. The van der Waals surface area contributed by atoms with Crippen LogP contribution < -0.4 is 5.73 Å². The standard InChI is InChI=1S/C53H96NO8P/c1-3-5-7-9-11-13-15-17-19-21-23-25-27-29-31-33-35-37-39-41-43-45-52(55)59-49-51(50-61-63(57,58)60-48-47-54)62-53(56)46-44-42-40-38-36-34-32-30-28-26-24-22-20-18-16-14-12-10-8-6-4-2/h6,8,12,14,18,20-21,23-24,26,51H,3-5,7,9-11,13,15-17,19,22,25,27-50,54H2,1-2H3,(H,57,58)/b8-6-,14-12-,20-18-,23-21-,26-24-. The summed E-state index contributed by atoms with van der Waals surface area (Å²) in [6.45, 7) is 3.63. The number of unbranched alkanes of at least 4 members (excludes halogenated alkanes) is 25. The van der Waals surface area contributed by atoms with Crippen LogP contribution in [0.25, 0.3) is 0 Å². The largest absolute Gasteiger partial charge is 0.472 e. The third-order valence-corrected chi connectivity index (χ3v) is 11.9. The van der Waals surface area contributed by atoms with Crippen molar-refractivity contribution in [2.75, 3.05) is 26.4 Å². The molecule has 2 atom stereocenters. The molecule has 0 amide bonds. The molecule has 0 aromatic heterocycles. The zero-order chi connectivity index (χ0) is 46.0. The topological polar surface area (TPSA) is 134 Å². The number of hydrogen-bond acceptors (Lipinski definition) is 8. The maximum absolute atomic E-state index is 12.7. The van der Waals surface area contributed by atoms with Gasteiger partial charge in [0.2, 0.25) is 0 Å². The van der Waals surface area contributed by atoms with E-state index < -0.39 is 26.5 Å². The van der Waals surface area contributed by atoms with E-state index >= 15 is 0 Å². The fraction of sp³-hybridized carbons (Fsp3) is 0.774. The van der Waals surface area contributed by atoms with Crippen LogP contribution in [0.3, 0.4) is 0 Å². The minimum absolute atomic E-state index is 0.0498. The molecule has 0 bridgehead atoms. The average Bonchev–Trinajstić information content (AvgIpc) is 3.27. The number of allylic oxidation sites excluding steroid dienone is 10. The van der Waals surface area contributed by atoms with E-state index in [2.05, 4.69) is 74.6 Å². The van der Waals surface area contributed by atoms with Crippen LogP contribution in [0, 0.1) is 0 Å². The van der Waals surface area contributed by atoms with Gasteiger partial charge in [-0.2, -0.15) is 0 Å². The molecule has 0 saturated heterocycles. The van der Waals surface area contributed by atoms with Gasteiger partial charge in [-0.05, 0) is 77.0 Å². The Hall–Kier alpha value is -2.29. The Bertz CT molecular complexity index is 1220. The molecule has 0 rings (SSSR count). The maximum Gasteiger partial charge on any atom is 0.472 e. The molecule has 3 N–H and O–H groups in total.